The molecule has 1 aliphatic rings. The highest BCUT2D eigenvalue weighted by Gasteiger charge is 2.46. The third-order valence-corrected chi connectivity index (χ3v) is 7.06. The van der Waals surface area contributed by atoms with Crippen LogP contribution in [0.1, 0.15) is 26.7 Å². The predicted octanol–water partition coefficient (Wildman–Crippen LogP) is 3.13. The molecule has 3 rings (SSSR count). The highest BCUT2D eigenvalue weighted by Crippen LogP contribution is 2.41. The van der Waals surface area contributed by atoms with E-state index < -0.39 is 15.1 Å². The second-order valence-electron chi connectivity index (χ2n) is 6.65. The lowest BCUT2D eigenvalue weighted by Crippen LogP contribution is -2.43. The van der Waals surface area contributed by atoms with Crippen LogP contribution in [0.5, 0.6) is 0 Å². The van der Waals surface area contributed by atoms with Gasteiger partial charge < -0.3 is 5.73 Å². The van der Waals surface area contributed by atoms with Gasteiger partial charge in [-0.2, -0.15) is 0 Å². The van der Waals surface area contributed by atoms with E-state index >= 15 is 0 Å². The van der Waals surface area contributed by atoms with Crippen molar-refractivity contribution in [2.24, 2.45) is 11.1 Å². The minimum atomic E-state index is -3.38. The van der Waals surface area contributed by atoms with Gasteiger partial charge in [-0.1, -0.05) is 44.2 Å². The van der Waals surface area contributed by atoms with E-state index in [1.54, 1.807) is 12.1 Å². The third-order valence-electron chi connectivity index (χ3n) is 4.82. The molecule has 2 N–H and O–H groups in total. The number of nitrogens with two attached hydrogens (primary N) is 1. The number of hydrogen-bond acceptors (Lipinski definition) is 3. The maximum atomic E-state index is 12.9. The summed E-state index contributed by atoms with van der Waals surface area (Å²) in [6.07, 6.45) is 1.50. The van der Waals surface area contributed by atoms with E-state index in [9.17, 15) is 8.42 Å². The molecule has 3 nitrogen and oxygen atoms in total. The average Bonchev–Trinajstić information content (AvgIpc) is 2.73. The molecule has 0 amide bonds. The van der Waals surface area contributed by atoms with E-state index in [4.69, 9.17) is 5.73 Å². The van der Waals surface area contributed by atoms with Gasteiger partial charge in [0, 0.05) is 6.04 Å². The van der Waals surface area contributed by atoms with Crippen LogP contribution < -0.4 is 5.73 Å². The van der Waals surface area contributed by atoms with Gasteiger partial charge in [-0.15, -0.1) is 0 Å². The lowest BCUT2D eigenvalue weighted by Gasteiger charge is -2.26. The third kappa shape index (κ3) is 2.36. The normalized spacial score (nSPS) is 25.3. The molecular formula is C17H21NO2S. The van der Waals surface area contributed by atoms with Crippen LogP contribution in [-0.2, 0) is 9.84 Å². The van der Waals surface area contributed by atoms with Crippen LogP contribution in [-0.4, -0.2) is 19.7 Å². The summed E-state index contributed by atoms with van der Waals surface area (Å²) in [6, 6.07) is 12.8. The number of sulfone groups is 1. The summed E-state index contributed by atoms with van der Waals surface area (Å²) in [5, 5.41) is 1.52. The van der Waals surface area contributed by atoms with E-state index in [1.165, 1.54) is 0 Å². The second-order valence-corrected chi connectivity index (χ2v) is 8.81. The zero-order chi connectivity index (χ0) is 15.3. The minimum absolute atomic E-state index is 0.116. The monoisotopic (exact) mass is 303 g/mol. The van der Waals surface area contributed by atoms with Crippen LogP contribution in [0.3, 0.4) is 0 Å². The van der Waals surface area contributed by atoms with Crippen LogP contribution in [0.2, 0.25) is 0 Å². The van der Waals surface area contributed by atoms with Crippen molar-refractivity contribution in [2.45, 2.75) is 42.9 Å². The zero-order valence-electron chi connectivity index (χ0n) is 12.4. The van der Waals surface area contributed by atoms with Crippen molar-refractivity contribution < 1.29 is 8.42 Å². The van der Waals surface area contributed by atoms with E-state index in [0.29, 0.717) is 11.3 Å². The lowest BCUT2D eigenvalue weighted by molar-refractivity contribution is 0.332. The predicted molar refractivity (Wildman–Crippen MR) is 85.9 cm³/mol. The van der Waals surface area contributed by atoms with Crippen molar-refractivity contribution in [1.82, 2.24) is 0 Å². The summed E-state index contributed by atoms with van der Waals surface area (Å²) >= 11 is 0. The van der Waals surface area contributed by atoms with Gasteiger partial charge in [0.1, 0.15) is 0 Å². The van der Waals surface area contributed by atoms with Crippen molar-refractivity contribution in [3.63, 3.8) is 0 Å². The maximum absolute atomic E-state index is 12.9. The van der Waals surface area contributed by atoms with Crippen LogP contribution in [0.25, 0.3) is 10.8 Å². The molecule has 1 fully saturated rings. The number of benzene rings is 2. The molecule has 2 aromatic rings. The van der Waals surface area contributed by atoms with Crippen LogP contribution in [0.15, 0.2) is 47.4 Å². The van der Waals surface area contributed by atoms with Crippen molar-refractivity contribution in [3.05, 3.63) is 42.5 Å². The van der Waals surface area contributed by atoms with Crippen molar-refractivity contribution in [3.8, 4) is 0 Å². The molecule has 0 heterocycles. The quantitative estimate of drug-likeness (QED) is 0.927. The molecule has 2 atom stereocenters. The van der Waals surface area contributed by atoms with Crippen molar-refractivity contribution >= 4 is 20.6 Å². The Morgan fingerprint density at radius 1 is 1.10 bits per heavy atom. The lowest BCUT2D eigenvalue weighted by atomic mass is 9.88. The smallest absolute Gasteiger partial charge is 0.182 e. The summed E-state index contributed by atoms with van der Waals surface area (Å²) in [5.74, 6) is 0. The summed E-state index contributed by atoms with van der Waals surface area (Å²) in [4.78, 5) is 0.388. The van der Waals surface area contributed by atoms with E-state index in [2.05, 4.69) is 0 Å². The molecule has 0 spiro atoms. The van der Waals surface area contributed by atoms with E-state index in [-0.39, 0.29) is 11.5 Å². The SMILES string of the molecule is CC1(C)CCC(S(=O)(=O)c2ccc3ccccc3c2)C1N. The van der Waals surface area contributed by atoms with Gasteiger partial charge in [-0.25, -0.2) is 8.42 Å². The minimum Gasteiger partial charge on any atom is -0.326 e. The summed E-state index contributed by atoms with van der Waals surface area (Å²) in [6.45, 7) is 4.10. The van der Waals surface area contributed by atoms with Crippen molar-refractivity contribution in [2.75, 3.05) is 0 Å². The molecule has 1 saturated carbocycles. The largest absolute Gasteiger partial charge is 0.326 e. The fourth-order valence-electron chi connectivity index (χ4n) is 3.23. The Morgan fingerprint density at radius 2 is 1.76 bits per heavy atom. The summed E-state index contributed by atoms with van der Waals surface area (Å²) in [7, 11) is -3.38. The Balaban J connectivity index is 2.05. The summed E-state index contributed by atoms with van der Waals surface area (Å²) in [5.41, 5.74) is 6.10. The van der Waals surface area contributed by atoms with Gasteiger partial charge >= 0.3 is 0 Å². The zero-order valence-corrected chi connectivity index (χ0v) is 13.2. The van der Waals surface area contributed by atoms with Gasteiger partial charge in [-0.05, 0) is 41.2 Å². The fourth-order valence-corrected chi connectivity index (χ4v) is 5.31. The molecule has 0 aliphatic heterocycles. The Kier molecular flexibility index (Phi) is 3.34. The maximum Gasteiger partial charge on any atom is 0.182 e. The van der Waals surface area contributed by atoms with E-state index in [0.717, 1.165) is 17.2 Å². The number of fused-ring (bicyclic) bond motifs is 1. The van der Waals surface area contributed by atoms with Crippen LogP contribution >= 0.6 is 0 Å². The molecule has 21 heavy (non-hydrogen) atoms. The Labute approximate surface area is 126 Å². The number of rotatable bonds is 2. The molecular weight excluding hydrogens is 282 g/mol. The summed E-state index contributed by atoms with van der Waals surface area (Å²) < 4.78 is 25.8. The Bertz CT molecular complexity index is 780. The molecule has 2 unspecified atom stereocenters. The molecule has 0 saturated heterocycles. The fraction of sp³-hybridized carbons (Fsp3) is 0.412. The van der Waals surface area contributed by atoms with Gasteiger partial charge in [-0.3, -0.25) is 0 Å². The Morgan fingerprint density at radius 3 is 2.38 bits per heavy atom. The van der Waals surface area contributed by atoms with Gasteiger partial charge in [0.05, 0.1) is 10.1 Å². The van der Waals surface area contributed by atoms with Gasteiger partial charge in [0.2, 0.25) is 0 Å². The van der Waals surface area contributed by atoms with Gasteiger partial charge in [0.25, 0.3) is 0 Å². The molecule has 0 aromatic heterocycles. The average molecular weight is 303 g/mol. The molecule has 0 radical (unpaired) electrons. The first kappa shape index (κ1) is 14.5. The van der Waals surface area contributed by atoms with E-state index in [1.807, 2.05) is 44.2 Å². The standard InChI is InChI=1S/C17H21NO2S/c1-17(2)10-9-15(16(17)18)21(19,20)14-8-7-12-5-3-4-6-13(12)11-14/h3-8,11,15-16H,9-10,18H2,1-2H3. The highest BCUT2D eigenvalue weighted by atomic mass is 32.2. The molecule has 0 bridgehead atoms. The molecule has 2 aromatic carbocycles. The first-order valence-corrected chi connectivity index (χ1v) is 8.85. The molecule has 4 heteroatoms. The topological polar surface area (TPSA) is 60.2 Å². The first-order valence-electron chi connectivity index (χ1n) is 7.31. The Hall–Kier alpha value is -1.39. The highest BCUT2D eigenvalue weighted by molar-refractivity contribution is 7.92. The first-order chi connectivity index (χ1) is 9.82. The van der Waals surface area contributed by atoms with Crippen molar-refractivity contribution in [1.29, 1.82) is 0 Å². The second kappa shape index (κ2) is 4.82. The van der Waals surface area contributed by atoms with Gasteiger partial charge in [0.15, 0.2) is 9.84 Å². The molecule has 112 valence electrons. The number of hydrogen-bond donors (Lipinski definition) is 1. The van der Waals surface area contributed by atoms with Crippen LogP contribution in [0.4, 0.5) is 0 Å². The molecule has 1 aliphatic carbocycles. The van der Waals surface area contributed by atoms with Crippen LogP contribution in [0, 0.1) is 5.41 Å².